The molecule has 150 valence electrons. The number of imidazole rings is 1. The van der Waals surface area contributed by atoms with Crippen molar-refractivity contribution in [2.75, 3.05) is 18.8 Å². The number of nitrogens with zero attached hydrogens (tertiary/aromatic N) is 4. The molecule has 1 aliphatic heterocycles. The molecule has 4 aromatic rings. The van der Waals surface area contributed by atoms with Crippen LogP contribution < -0.4 is 11.1 Å². The van der Waals surface area contributed by atoms with Crippen LogP contribution in [0.1, 0.15) is 19.3 Å². The van der Waals surface area contributed by atoms with Crippen LogP contribution in [0.4, 0.5) is 5.82 Å². The molecule has 1 aromatic carbocycles. The zero-order valence-corrected chi connectivity index (χ0v) is 17.3. The number of aromatic nitrogens is 4. The van der Waals surface area contributed by atoms with Gasteiger partial charge in [0, 0.05) is 16.8 Å². The van der Waals surface area contributed by atoms with Crippen LogP contribution in [-0.4, -0.2) is 32.6 Å². The first-order valence-corrected chi connectivity index (χ1v) is 10.9. The summed E-state index contributed by atoms with van der Waals surface area (Å²) in [6.45, 7) is 3.01. The van der Waals surface area contributed by atoms with Gasteiger partial charge in [-0.15, -0.1) is 0 Å². The Kier molecular flexibility index (Phi) is 5.07. The monoisotopic (exact) mass is 428 g/mol. The van der Waals surface area contributed by atoms with Crippen molar-refractivity contribution in [1.82, 2.24) is 24.8 Å². The van der Waals surface area contributed by atoms with Gasteiger partial charge in [0.1, 0.15) is 11.9 Å². The Bertz CT molecular complexity index is 1170. The van der Waals surface area contributed by atoms with E-state index in [0.717, 1.165) is 52.7 Å². The average molecular weight is 429 g/mol. The van der Waals surface area contributed by atoms with Crippen molar-refractivity contribution in [2.45, 2.75) is 35.9 Å². The third-order valence-electron chi connectivity index (χ3n) is 5.45. The summed E-state index contributed by atoms with van der Waals surface area (Å²) >= 11 is 8.04. The predicted octanol–water partition coefficient (Wildman–Crippen LogP) is 4.35. The van der Waals surface area contributed by atoms with Gasteiger partial charge < -0.3 is 20.0 Å². The van der Waals surface area contributed by atoms with Crippen LogP contribution in [-0.2, 0) is 6.54 Å². The molecule has 0 bridgehead atoms. The average Bonchev–Trinajstić information content (AvgIpc) is 3.32. The number of halogens is 1. The molecule has 0 saturated carbocycles. The number of piperidine rings is 1. The second kappa shape index (κ2) is 7.85. The molecule has 4 heterocycles. The number of fused-ring (bicyclic) bond motifs is 2. The molecule has 0 spiro atoms. The lowest BCUT2D eigenvalue weighted by Gasteiger charge is -2.23. The molecule has 5 rings (SSSR count). The summed E-state index contributed by atoms with van der Waals surface area (Å²) < 4.78 is 7.68. The highest BCUT2D eigenvalue weighted by molar-refractivity contribution is 7.99. The van der Waals surface area contributed by atoms with E-state index in [0.29, 0.717) is 22.3 Å². The molecule has 3 N–H and O–H groups in total. The number of hydrogen-bond donors (Lipinski definition) is 2. The molecular formula is C20H21ClN6OS. The molecule has 1 aliphatic rings. The maximum Gasteiger partial charge on any atom is 0.175 e. The molecule has 1 saturated heterocycles. The quantitative estimate of drug-likeness (QED) is 0.487. The standard InChI is InChI=1S/C20H21ClN6OS/c21-14-9-13-4-8-28-15(13)10-16(14)29-20-26-17-18(22)24-11-25-19(17)27(20)7-3-12-1-5-23-6-2-12/h4,8-12,23H,1-3,5-7H2,(H2,22,24,25). The summed E-state index contributed by atoms with van der Waals surface area (Å²) in [7, 11) is 0. The van der Waals surface area contributed by atoms with Crippen LogP contribution in [0.2, 0.25) is 5.02 Å². The van der Waals surface area contributed by atoms with Crippen LogP contribution >= 0.6 is 23.4 Å². The molecule has 29 heavy (non-hydrogen) atoms. The fourth-order valence-corrected chi connectivity index (χ4v) is 5.07. The zero-order valence-electron chi connectivity index (χ0n) is 15.8. The first-order valence-electron chi connectivity index (χ1n) is 9.71. The highest BCUT2D eigenvalue weighted by Crippen LogP contribution is 2.38. The molecule has 0 amide bonds. The molecule has 0 unspecified atom stereocenters. The van der Waals surface area contributed by atoms with E-state index in [1.807, 2.05) is 18.2 Å². The lowest BCUT2D eigenvalue weighted by molar-refractivity contribution is 0.335. The molecule has 7 nitrogen and oxygen atoms in total. The van der Waals surface area contributed by atoms with E-state index in [1.165, 1.54) is 30.9 Å². The lowest BCUT2D eigenvalue weighted by atomic mass is 9.95. The van der Waals surface area contributed by atoms with Gasteiger partial charge >= 0.3 is 0 Å². The molecular weight excluding hydrogens is 408 g/mol. The third-order valence-corrected chi connectivity index (χ3v) is 6.93. The normalized spacial score (nSPS) is 15.5. The number of rotatable bonds is 5. The van der Waals surface area contributed by atoms with Crippen molar-refractivity contribution < 1.29 is 4.42 Å². The second-order valence-electron chi connectivity index (χ2n) is 7.30. The van der Waals surface area contributed by atoms with Crippen LogP contribution in [0, 0.1) is 5.92 Å². The highest BCUT2D eigenvalue weighted by Gasteiger charge is 2.20. The number of nitrogens with two attached hydrogens (primary N) is 1. The topological polar surface area (TPSA) is 94.8 Å². The van der Waals surface area contributed by atoms with Gasteiger partial charge in [-0.25, -0.2) is 15.0 Å². The van der Waals surface area contributed by atoms with Crippen molar-refractivity contribution in [3.05, 3.63) is 35.8 Å². The predicted molar refractivity (Wildman–Crippen MR) is 115 cm³/mol. The Labute approximate surface area is 177 Å². The number of anilines is 1. The smallest absolute Gasteiger partial charge is 0.175 e. The van der Waals surface area contributed by atoms with Gasteiger partial charge in [-0.1, -0.05) is 11.6 Å². The fourth-order valence-electron chi connectivity index (χ4n) is 3.84. The van der Waals surface area contributed by atoms with Gasteiger partial charge in [-0.3, -0.25) is 0 Å². The van der Waals surface area contributed by atoms with Crippen LogP contribution in [0.25, 0.3) is 22.1 Å². The molecule has 0 radical (unpaired) electrons. The molecule has 0 aliphatic carbocycles. The fraction of sp³-hybridized carbons (Fsp3) is 0.350. The van der Waals surface area contributed by atoms with Gasteiger partial charge in [0.2, 0.25) is 0 Å². The first kappa shape index (κ1) is 18.7. The number of aryl methyl sites for hydroxylation is 1. The summed E-state index contributed by atoms with van der Waals surface area (Å²) in [4.78, 5) is 14.2. The maximum absolute atomic E-state index is 6.53. The second-order valence-corrected chi connectivity index (χ2v) is 8.72. The van der Waals surface area contributed by atoms with Crippen LogP contribution in [0.3, 0.4) is 0 Å². The van der Waals surface area contributed by atoms with E-state index in [4.69, 9.17) is 26.7 Å². The summed E-state index contributed by atoms with van der Waals surface area (Å²) in [5.74, 6) is 1.10. The van der Waals surface area contributed by atoms with Gasteiger partial charge in [0.05, 0.1) is 11.3 Å². The Morgan fingerprint density at radius 1 is 1.28 bits per heavy atom. The molecule has 9 heteroatoms. The number of hydrogen-bond acceptors (Lipinski definition) is 7. The SMILES string of the molecule is Nc1ncnc2c1nc(Sc1cc3occc3cc1Cl)n2CCC1CCNCC1. The van der Waals surface area contributed by atoms with E-state index in [2.05, 4.69) is 19.9 Å². The van der Waals surface area contributed by atoms with E-state index in [-0.39, 0.29) is 0 Å². The largest absolute Gasteiger partial charge is 0.464 e. The van der Waals surface area contributed by atoms with Crippen molar-refractivity contribution >= 4 is 51.3 Å². The van der Waals surface area contributed by atoms with Gasteiger partial charge in [0.25, 0.3) is 0 Å². The molecule has 3 aromatic heterocycles. The Morgan fingerprint density at radius 2 is 2.14 bits per heavy atom. The van der Waals surface area contributed by atoms with E-state index in [9.17, 15) is 0 Å². The number of furan rings is 1. The van der Waals surface area contributed by atoms with Crippen molar-refractivity contribution in [3.8, 4) is 0 Å². The number of nitrogen functional groups attached to an aromatic ring is 1. The summed E-state index contributed by atoms with van der Waals surface area (Å²) in [6, 6.07) is 5.77. The van der Waals surface area contributed by atoms with Gasteiger partial charge in [0.15, 0.2) is 22.1 Å². The van der Waals surface area contributed by atoms with Crippen molar-refractivity contribution in [3.63, 3.8) is 0 Å². The van der Waals surface area contributed by atoms with Gasteiger partial charge in [-0.05, 0) is 68.2 Å². The van der Waals surface area contributed by atoms with E-state index >= 15 is 0 Å². The Balaban J connectivity index is 1.51. The number of benzene rings is 1. The Hall–Kier alpha value is -2.29. The minimum atomic E-state index is 0.394. The van der Waals surface area contributed by atoms with Crippen LogP contribution in [0.15, 0.2) is 45.3 Å². The zero-order chi connectivity index (χ0) is 19.8. The Morgan fingerprint density at radius 3 is 3.00 bits per heavy atom. The minimum absolute atomic E-state index is 0.394. The summed E-state index contributed by atoms with van der Waals surface area (Å²) in [5.41, 5.74) is 8.28. The first-order chi connectivity index (χ1) is 14.2. The minimum Gasteiger partial charge on any atom is -0.464 e. The van der Waals surface area contributed by atoms with Crippen molar-refractivity contribution in [2.24, 2.45) is 5.92 Å². The van der Waals surface area contributed by atoms with E-state index in [1.54, 1.807) is 6.26 Å². The van der Waals surface area contributed by atoms with E-state index < -0.39 is 0 Å². The summed E-state index contributed by atoms with van der Waals surface area (Å²) in [6.07, 6.45) is 6.65. The van der Waals surface area contributed by atoms with Gasteiger partial charge in [-0.2, -0.15) is 0 Å². The van der Waals surface area contributed by atoms with Crippen LogP contribution in [0.5, 0.6) is 0 Å². The molecule has 1 fully saturated rings. The lowest BCUT2D eigenvalue weighted by Crippen LogP contribution is -2.28. The highest BCUT2D eigenvalue weighted by atomic mass is 35.5. The third kappa shape index (κ3) is 3.68. The maximum atomic E-state index is 6.53. The molecule has 0 atom stereocenters. The number of nitrogens with one attached hydrogen (secondary N) is 1. The summed E-state index contributed by atoms with van der Waals surface area (Å²) in [5, 5.41) is 5.88. The van der Waals surface area contributed by atoms with Crippen molar-refractivity contribution in [1.29, 1.82) is 0 Å².